The molecule has 2 aromatic rings. The molecule has 1 unspecified atom stereocenters. The van der Waals surface area contributed by atoms with Crippen molar-refractivity contribution in [3.8, 4) is 0 Å². The molecule has 0 fully saturated rings. The van der Waals surface area contributed by atoms with Crippen LogP contribution in [-0.4, -0.2) is 20.0 Å². The minimum absolute atomic E-state index is 0.0284. The molecule has 1 amide bonds. The number of fused-ring (bicyclic) bond motifs is 1. The second kappa shape index (κ2) is 5.64. The van der Waals surface area contributed by atoms with Crippen molar-refractivity contribution in [3.05, 3.63) is 53.5 Å². The molecule has 21 heavy (non-hydrogen) atoms. The van der Waals surface area contributed by atoms with E-state index in [2.05, 4.69) is 5.32 Å². The van der Waals surface area contributed by atoms with E-state index in [1.165, 1.54) is 0 Å². The molecule has 0 radical (unpaired) electrons. The molecular weight excluding hydrogens is 264 g/mol. The summed E-state index contributed by atoms with van der Waals surface area (Å²) in [6.07, 6.45) is 4.69. The maximum Gasteiger partial charge on any atom is 0.251 e. The molecule has 1 aliphatic rings. The van der Waals surface area contributed by atoms with Crippen LogP contribution in [0.2, 0.25) is 0 Å². The maximum atomic E-state index is 12.4. The molecule has 4 heteroatoms. The molecule has 0 saturated carbocycles. The zero-order valence-corrected chi connectivity index (χ0v) is 12.4. The lowest BCUT2D eigenvalue weighted by Gasteiger charge is -2.23. The SMILES string of the molecule is CN(C)c1ccc(C(=O)NC2CCCc3occc32)cc1. The van der Waals surface area contributed by atoms with Crippen LogP contribution in [0.5, 0.6) is 0 Å². The monoisotopic (exact) mass is 284 g/mol. The van der Waals surface area contributed by atoms with E-state index in [4.69, 9.17) is 4.42 Å². The number of nitrogens with one attached hydrogen (secondary N) is 1. The summed E-state index contributed by atoms with van der Waals surface area (Å²) in [4.78, 5) is 14.4. The third kappa shape index (κ3) is 2.79. The highest BCUT2D eigenvalue weighted by atomic mass is 16.3. The van der Waals surface area contributed by atoms with Crippen molar-refractivity contribution >= 4 is 11.6 Å². The molecule has 110 valence electrons. The summed E-state index contributed by atoms with van der Waals surface area (Å²) in [5.74, 6) is 0.980. The van der Waals surface area contributed by atoms with Gasteiger partial charge >= 0.3 is 0 Å². The number of rotatable bonds is 3. The third-order valence-corrected chi connectivity index (χ3v) is 4.00. The number of carbonyl (C=O) groups excluding carboxylic acids is 1. The number of anilines is 1. The van der Waals surface area contributed by atoms with E-state index in [1.807, 2.05) is 49.3 Å². The van der Waals surface area contributed by atoms with Crippen molar-refractivity contribution < 1.29 is 9.21 Å². The number of amides is 1. The normalized spacial score (nSPS) is 17.1. The van der Waals surface area contributed by atoms with Gasteiger partial charge in [0, 0.05) is 37.3 Å². The van der Waals surface area contributed by atoms with Crippen molar-refractivity contribution in [1.29, 1.82) is 0 Å². The number of hydrogen-bond donors (Lipinski definition) is 1. The van der Waals surface area contributed by atoms with Gasteiger partial charge in [0.15, 0.2) is 0 Å². The van der Waals surface area contributed by atoms with E-state index in [9.17, 15) is 4.79 Å². The molecule has 1 aromatic carbocycles. The van der Waals surface area contributed by atoms with Gasteiger partial charge in [-0.05, 0) is 43.2 Å². The number of carbonyl (C=O) groups is 1. The van der Waals surface area contributed by atoms with E-state index in [0.717, 1.165) is 36.3 Å². The molecule has 0 aliphatic heterocycles. The summed E-state index contributed by atoms with van der Waals surface area (Å²) in [7, 11) is 3.97. The standard InChI is InChI=1S/C17H20N2O2/c1-19(2)13-8-6-12(7-9-13)17(20)18-15-4-3-5-16-14(15)10-11-21-16/h6-11,15H,3-5H2,1-2H3,(H,18,20). The summed E-state index contributed by atoms with van der Waals surface area (Å²) >= 11 is 0. The van der Waals surface area contributed by atoms with Crippen LogP contribution in [-0.2, 0) is 6.42 Å². The molecule has 1 atom stereocenters. The van der Waals surface area contributed by atoms with Gasteiger partial charge in [0.25, 0.3) is 5.91 Å². The maximum absolute atomic E-state index is 12.4. The molecule has 1 N–H and O–H groups in total. The fourth-order valence-corrected chi connectivity index (χ4v) is 2.79. The second-order valence-electron chi connectivity index (χ2n) is 5.66. The minimum atomic E-state index is -0.0284. The lowest BCUT2D eigenvalue weighted by Crippen LogP contribution is -2.30. The number of aryl methyl sites for hydroxylation is 1. The first kappa shape index (κ1) is 13.7. The van der Waals surface area contributed by atoms with Crippen molar-refractivity contribution in [1.82, 2.24) is 5.32 Å². The smallest absolute Gasteiger partial charge is 0.251 e. The number of furan rings is 1. The molecular formula is C17H20N2O2. The zero-order valence-electron chi connectivity index (χ0n) is 12.4. The first-order valence-electron chi connectivity index (χ1n) is 7.29. The van der Waals surface area contributed by atoms with Gasteiger partial charge in [-0.3, -0.25) is 4.79 Å². The van der Waals surface area contributed by atoms with E-state index in [1.54, 1.807) is 6.26 Å². The van der Waals surface area contributed by atoms with Gasteiger partial charge in [0.1, 0.15) is 5.76 Å². The molecule has 1 aliphatic carbocycles. The quantitative estimate of drug-likeness (QED) is 0.941. The molecule has 3 rings (SSSR count). The summed E-state index contributed by atoms with van der Waals surface area (Å²) in [5, 5.41) is 3.11. The Morgan fingerprint density at radius 2 is 2.00 bits per heavy atom. The van der Waals surface area contributed by atoms with Crippen molar-refractivity contribution in [2.75, 3.05) is 19.0 Å². The van der Waals surface area contributed by atoms with Gasteiger partial charge in [0.05, 0.1) is 12.3 Å². The summed E-state index contributed by atoms with van der Waals surface area (Å²) in [6, 6.07) is 9.67. The predicted molar refractivity (Wildman–Crippen MR) is 82.6 cm³/mol. The largest absolute Gasteiger partial charge is 0.469 e. The Bertz CT molecular complexity index is 628. The Morgan fingerprint density at radius 1 is 1.24 bits per heavy atom. The van der Waals surface area contributed by atoms with E-state index in [0.29, 0.717) is 5.56 Å². The van der Waals surface area contributed by atoms with Gasteiger partial charge in [0.2, 0.25) is 0 Å². The predicted octanol–water partition coefficient (Wildman–Crippen LogP) is 3.15. The fraction of sp³-hybridized carbons (Fsp3) is 0.353. The molecule has 1 aromatic heterocycles. The van der Waals surface area contributed by atoms with Crippen LogP contribution in [0.25, 0.3) is 0 Å². The van der Waals surface area contributed by atoms with Crippen LogP contribution in [0.3, 0.4) is 0 Å². The van der Waals surface area contributed by atoms with Crippen LogP contribution >= 0.6 is 0 Å². The molecule has 0 spiro atoms. The van der Waals surface area contributed by atoms with Crippen LogP contribution in [0.1, 0.15) is 40.6 Å². The highest BCUT2D eigenvalue weighted by molar-refractivity contribution is 5.94. The Balaban J connectivity index is 1.73. The molecule has 1 heterocycles. The first-order valence-corrected chi connectivity index (χ1v) is 7.29. The highest BCUT2D eigenvalue weighted by Gasteiger charge is 2.24. The lowest BCUT2D eigenvalue weighted by atomic mass is 9.93. The number of hydrogen-bond acceptors (Lipinski definition) is 3. The van der Waals surface area contributed by atoms with E-state index < -0.39 is 0 Å². The van der Waals surface area contributed by atoms with E-state index in [-0.39, 0.29) is 11.9 Å². The Hall–Kier alpha value is -2.23. The van der Waals surface area contributed by atoms with Gasteiger partial charge < -0.3 is 14.6 Å². The number of nitrogens with zero attached hydrogens (tertiary/aromatic N) is 1. The van der Waals surface area contributed by atoms with Crippen molar-refractivity contribution in [2.24, 2.45) is 0 Å². The zero-order chi connectivity index (χ0) is 14.8. The van der Waals surface area contributed by atoms with Crippen LogP contribution in [0.15, 0.2) is 41.0 Å². The van der Waals surface area contributed by atoms with Gasteiger partial charge in [-0.25, -0.2) is 0 Å². The average molecular weight is 284 g/mol. The van der Waals surface area contributed by atoms with Gasteiger partial charge in [-0.2, -0.15) is 0 Å². The summed E-state index contributed by atoms with van der Waals surface area (Å²) in [6.45, 7) is 0. The Morgan fingerprint density at radius 3 is 2.71 bits per heavy atom. The summed E-state index contributed by atoms with van der Waals surface area (Å²) < 4.78 is 5.46. The lowest BCUT2D eigenvalue weighted by molar-refractivity contribution is 0.0932. The van der Waals surface area contributed by atoms with Crippen LogP contribution in [0.4, 0.5) is 5.69 Å². The average Bonchev–Trinajstić information content (AvgIpc) is 2.97. The van der Waals surface area contributed by atoms with Gasteiger partial charge in [-0.15, -0.1) is 0 Å². The minimum Gasteiger partial charge on any atom is -0.469 e. The van der Waals surface area contributed by atoms with Crippen molar-refractivity contribution in [3.63, 3.8) is 0 Å². The first-order chi connectivity index (χ1) is 10.1. The van der Waals surface area contributed by atoms with E-state index >= 15 is 0 Å². The fourth-order valence-electron chi connectivity index (χ4n) is 2.79. The van der Waals surface area contributed by atoms with Gasteiger partial charge in [-0.1, -0.05) is 0 Å². The Kier molecular flexibility index (Phi) is 3.69. The Labute approximate surface area is 124 Å². The third-order valence-electron chi connectivity index (χ3n) is 4.00. The van der Waals surface area contributed by atoms with Crippen LogP contribution < -0.4 is 10.2 Å². The second-order valence-corrected chi connectivity index (χ2v) is 5.66. The molecule has 4 nitrogen and oxygen atoms in total. The topological polar surface area (TPSA) is 45.5 Å². The highest BCUT2D eigenvalue weighted by Crippen LogP contribution is 2.30. The summed E-state index contributed by atoms with van der Waals surface area (Å²) in [5.41, 5.74) is 2.90. The molecule has 0 saturated heterocycles. The number of benzene rings is 1. The molecule has 0 bridgehead atoms. The van der Waals surface area contributed by atoms with Crippen molar-refractivity contribution in [2.45, 2.75) is 25.3 Å². The van der Waals surface area contributed by atoms with Crippen LogP contribution in [0, 0.1) is 0 Å².